The van der Waals surface area contributed by atoms with E-state index in [9.17, 15) is 5.11 Å². The molecule has 0 bridgehead atoms. The summed E-state index contributed by atoms with van der Waals surface area (Å²) in [4.78, 5) is 0. The van der Waals surface area contributed by atoms with Gasteiger partial charge in [0, 0.05) is 6.61 Å². The predicted molar refractivity (Wildman–Crippen MR) is 82.8 cm³/mol. The lowest BCUT2D eigenvalue weighted by Gasteiger charge is -2.36. The van der Waals surface area contributed by atoms with Gasteiger partial charge in [0.2, 0.25) is 0 Å². The zero-order valence-corrected chi connectivity index (χ0v) is 14.5. The van der Waals surface area contributed by atoms with Crippen LogP contribution in [-0.2, 0) is 4.43 Å². The molecule has 2 rings (SSSR count). The van der Waals surface area contributed by atoms with E-state index in [0.29, 0.717) is 16.9 Å². The molecule has 2 nitrogen and oxygen atoms in total. The van der Waals surface area contributed by atoms with E-state index in [-0.39, 0.29) is 5.60 Å². The van der Waals surface area contributed by atoms with Gasteiger partial charge in [-0.3, -0.25) is 0 Å². The van der Waals surface area contributed by atoms with Crippen LogP contribution >= 0.6 is 0 Å². The Kier molecular flexibility index (Phi) is 4.21. The van der Waals surface area contributed by atoms with Gasteiger partial charge in [0.15, 0.2) is 8.32 Å². The molecule has 0 radical (unpaired) electrons. The van der Waals surface area contributed by atoms with Crippen LogP contribution in [-0.4, -0.2) is 25.6 Å². The van der Waals surface area contributed by atoms with E-state index in [1.165, 1.54) is 25.7 Å². The van der Waals surface area contributed by atoms with E-state index in [2.05, 4.69) is 33.9 Å². The predicted octanol–water partition coefficient (Wildman–Crippen LogP) is 4.34. The topological polar surface area (TPSA) is 29.5 Å². The van der Waals surface area contributed by atoms with Gasteiger partial charge in [-0.15, -0.1) is 0 Å². The standard InChI is InChI=1S/C16H32O2Si/c1-15(2,3)19(4,5)18-11-7-6-8-13-9-10-14-12-16(13,14)17/h13-14,17H,6-12H2,1-5H3/t13-,14?,16-/m1/s1. The molecule has 0 aromatic rings. The number of hydrogen-bond acceptors (Lipinski definition) is 2. The fourth-order valence-corrected chi connectivity index (χ4v) is 4.36. The van der Waals surface area contributed by atoms with Crippen LogP contribution in [0.4, 0.5) is 0 Å². The van der Waals surface area contributed by atoms with Crippen LogP contribution in [0.1, 0.15) is 59.3 Å². The van der Waals surface area contributed by atoms with Crippen molar-refractivity contribution < 1.29 is 9.53 Å². The van der Waals surface area contributed by atoms with E-state index >= 15 is 0 Å². The van der Waals surface area contributed by atoms with Crippen molar-refractivity contribution in [3.05, 3.63) is 0 Å². The lowest BCUT2D eigenvalue weighted by molar-refractivity contribution is 0.0824. The van der Waals surface area contributed by atoms with Crippen LogP contribution in [0, 0.1) is 11.8 Å². The lowest BCUT2D eigenvalue weighted by atomic mass is 9.94. The molecule has 0 heterocycles. The number of rotatable bonds is 6. The maximum Gasteiger partial charge on any atom is 0.191 e. The van der Waals surface area contributed by atoms with Crippen LogP contribution in [0.2, 0.25) is 18.1 Å². The Morgan fingerprint density at radius 1 is 1.21 bits per heavy atom. The van der Waals surface area contributed by atoms with Crippen LogP contribution in [0.5, 0.6) is 0 Å². The Bertz CT molecular complexity index is 319. The normalized spacial score (nSPS) is 34.4. The average Bonchev–Trinajstić information content (AvgIpc) is 2.84. The highest BCUT2D eigenvalue weighted by atomic mass is 28.4. The summed E-state index contributed by atoms with van der Waals surface area (Å²) >= 11 is 0. The van der Waals surface area contributed by atoms with Crippen LogP contribution in [0.25, 0.3) is 0 Å². The van der Waals surface area contributed by atoms with E-state index in [0.717, 1.165) is 19.4 Å². The SMILES string of the molecule is CC(C)(C)[Si](C)(C)OCCCC[C@@H]1CCC2C[C@]21O. The fraction of sp³-hybridized carbons (Fsp3) is 1.00. The van der Waals surface area contributed by atoms with Crippen molar-refractivity contribution in [2.24, 2.45) is 11.8 Å². The van der Waals surface area contributed by atoms with Gasteiger partial charge in [0.1, 0.15) is 0 Å². The molecule has 0 saturated heterocycles. The number of unbranched alkanes of at least 4 members (excludes halogenated alkanes) is 1. The van der Waals surface area contributed by atoms with Crippen molar-refractivity contribution >= 4 is 8.32 Å². The molecular formula is C16H32O2Si. The molecule has 3 heteroatoms. The molecule has 1 unspecified atom stereocenters. The smallest absolute Gasteiger partial charge is 0.191 e. The van der Waals surface area contributed by atoms with Crippen molar-refractivity contribution in [1.82, 2.24) is 0 Å². The highest BCUT2D eigenvalue weighted by molar-refractivity contribution is 6.74. The monoisotopic (exact) mass is 284 g/mol. The zero-order valence-electron chi connectivity index (χ0n) is 13.5. The van der Waals surface area contributed by atoms with Crippen LogP contribution < -0.4 is 0 Å². The highest BCUT2D eigenvalue weighted by Gasteiger charge is 2.61. The van der Waals surface area contributed by atoms with Gasteiger partial charge < -0.3 is 9.53 Å². The Balaban J connectivity index is 1.60. The molecule has 2 aliphatic rings. The summed E-state index contributed by atoms with van der Waals surface area (Å²) in [7, 11) is -1.56. The van der Waals surface area contributed by atoms with Crippen molar-refractivity contribution in [2.75, 3.05) is 6.61 Å². The molecule has 0 aromatic heterocycles. The third-order valence-corrected chi connectivity index (χ3v) is 10.4. The second kappa shape index (κ2) is 5.16. The van der Waals surface area contributed by atoms with E-state index in [1.54, 1.807) is 0 Å². The third-order valence-electron chi connectivity index (χ3n) is 5.91. The summed E-state index contributed by atoms with van der Waals surface area (Å²) in [6.45, 7) is 12.4. The second-order valence-corrected chi connectivity index (χ2v) is 13.1. The third kappa shape index (κ3) is 3.25. The Hall–Kier alpha value is 0.137. The van der Waals surface area contributed by atoms with Gasteiger partial charge in [-0.25, -0.2) is 0 Å². The molecule has 1 N–H and O–H groups in total. The van der Waals surface area contributed by atoms with Gasteiger partial charge in [-0.1, -0.05) is 27.2 Å². The molecule has 2 saturated carbocycles. The van der Waals surface area contributed by atoms with Crippen molar-refractivity contribution in [3.63, 3.8) is 0 Å². The second-order valence-electron chi connectivity index (χ2n) is 8.27. The molecule has 0 amide bonds. The van der Waals surface area contributed by atoms with Crippen molar-refractivity contribution in [1.29, 1.82) is 0 Å². The van der Waals surface area contributed by atoms with Crippen molar-refractivity contribution in [2.45, 2.75) is 83.0 Å². The molecule has 0 aromatic carbocycles. The molecule has 112 valence electrons. The summed E-state index contributed by atoms with van der Waals surface area (Å²) in [5.74, 6) is 1.24. The lowest BCUT2D eigenvalue weighted by Crippen LogP contribution is -2.40. The molecule has 19 heavy (non-hydrogen) atoms. The van der Waals surface area contributed by atoms with E-state index < -0.39 is 8.32 Å². The maximum absolute atomic E-state index is 10.3. The number of fused-ring (bicyclic) bond motifs is 1. The van der Waals surface area contributed by atoms with Crippen molar-refractivity contribution in [3.8, 4) is 0 Å². The molecule has 0 aliphatic heterocycles. The summed E-state index contributed by atoms with van der Waals surface area (Å²) in [5, 5.41) is 10.6. The molecule has 3 atom stereocenters. The summed E-state index contributed by atoms with van der Waals surface area (Å²) in [5.41, 5.74) is -0.236. The maximum atomic E-state index is 10.3. The first-order valence-electron chi connectivity index (χ1n) is 8.03. The highest BCUT2D eigenvalue weighted by Crippen LogP contribution is 2.60. The molecule has 0 spiro atoms. The van der Waals surface area contributed by atoms with Crippen LogP contribution in [0.3, 0.4) is 0 Å². The summed E-state index contributed by atoms with van der Waals surface area (Å²) in [6.07, 6.45) is 7.18. The summed E-state index contributed by atoms with van der Waals surface area (Å²) in [6, 6.07) is 0. The van der Waals surface area contributed by atoms with Crippen LogP contribution in [0.15, 0.2) is 0 Å². The first-order valence-corrected chi connectivity index (χ1v) is 10.9. The fourth-order valence-electron chi connectivity index (χ4n) is 3.27. The van der Waals surface area contributed by atoms with E-state index in [1.807, 2.05) is 0 Å². The Labute approximate surface area is 120 Å². The Morgan fingerprint density at radius 2 is 1.89 bits per heavy atom. The number of hydrogen-bond donors (Lipinski definition) is 1. The first kappa shape index (κ1) is 15.5. The largest absolute Gasteiger partial charge is 0.417 e. The quantitative estimate of drug-likeness (QED) is 0.581. The first-order chi connectivity index (χ1) is 8.67. The number of aliphatic hydroxyl groups is 1. The van der Waals surface area contributed by atoms with Gasteiger partial charge >= 0.3 is 0 Å². The van der Waals surface area contributed by atoms with E-state index in [4.69, 9.17) is 4.43 Å². The summed E-state index contributed by atoms with van der Waals surface area (Å²) < 4.78 is 6.20. The minimum atomic E-state index is -1.56. The minimum absolute atomic E-state index is 0.236. The van der Waals surface area contributed by atoms with Gasteiger partial charge in [0.25, 0.3) is 0 Å². The Morgan fingerprint density at radius 3 is 2.37 bits per heavy atom. The minimum Gasteiger partial charge on any atom is -0.417 e. The average molecular weight is 285 g/mol. The zero-order chi connectivity index (χ0) is 14.3. The van der Waals surface area contributed by atoms with Gasteiger partial charge in [0.05, 0.1) is 5.60 Å². The van der Waals surface area contributed by atoms with Gasteiger partial charge in [-0.2, -0.15) is 0 Å². The molecule has 2 fully saturated rings. The van der Waals surface area contributed by atoms with Gasteiger partial charge in [-0.05, 0) is 62.1 Å². The molecule has 2 aliphatic carbocycles. The molecular weight excluding hydrogens is 252 g/mol.